The van der Waals surface area contributed by atoms with Gasteiger partial charge in [-0.25, -0.2) is 9.37 Å². The third-order valence-electron chi connectivity index (χ3n) is 5.07. The zero-order valence-electron chi connectivity index (χ0n) is 16.1. The molecule has 148 valence electrons. The summed E-state index contributed by atoms with van der Waals surface area (Å²) in [5, 5.41) is 2.73. The summed E-state index contributed by atoms with van der Waals surface area (Å²) in [4.78, 5) is 31.9. The molecule has 4 rings (SSSR count). The van der Waals surface area contributed by atoms with Crippen LogP contribution in [0.5, 0.6) is 0 Å². The van der Waals surface area contributed by atoms with Gasteiger partial charge < -0.3 is 14.8 Å². The number of para-hydroxylation sites is 1. The smallest absolute Gasteiger partial charge is 0.291 e. The van der Waals surface area contributed by atoms with Gasteiger partial charge in [-0.1, -0.05) is 18.2 Å². The number of nitrogens with zero attached hydrogens (tertiary/aromatic N) is 3. The minimum absolute atomic E-state index is 0.203. The van der Waals surface area contributed by atoms with E-state index >= 15 is 0 Å². The first-order valence-corrected chi connectivity index (χ1v) is 9.54. The van der Waals surface area contributed by atoms with Crippen LogP contribution in [0.15, 0.2) is 54.6 Å². The predicted octanol–water partition coefficient (Wildman–Crippen LogP) is 3.89. The first kappa shape index (κ1) is 18.9. The molecule has 1 N–H and O–H groups in total. The number of nitrogens with one attached hydrogen (secondary N) is 1. The van der Waals surface area contributed by atoms with E-state index in [1.165, 1.54) is 24.3 Å². The lowest BCUT2D eigenvalue weighted by molar-refractivity contribution is 0.0987. The zero-order valence-corrected chi connectivity index (χ0v) is 16.1. The molecule has 1 aliphatic rings. The molecule has 0 fully saturated rings. The first-order valence-electron chi connectivity index (χ1n) is 9.54. The number of hydrogen-bond donors (Lipinski definition) is 1. The second-order valence-electron chi connectivity index (χ2n) is 7.00. The monoisotopic (exact) mass is 392 g/mol. The van der Waals surface area contributed by atoms with Gasteiger partial charge in [-0.2, -0.15) is 0 Å². The van der Waals surface area contributed by atoms with Crippen molar-refractivity contribution in [2.45, 2.75) is 25.8 Å². The number of amides is 2. The molecule has 0 saturated carbocycles. The Morgan fingerprint density at radius 1 is 1.07 bits per heavy atom. The van der Waals surface area contributed by atoms with Crippen molar-refractivity contribution < 1.29 is 14.0 Å². The van der Waals surface area contributed by atoms with Gasteiger partial charge in [0, 0.05) is 25.0 Å². The molecule has 6 nitrogen and oxygen atoms in total. The fraction of sp³-hybridized carbons (Fsp3) is 0.227. The second kappa shape index (κ2) is 7.87. The van der Waals surface area contributed by atoms with E-state index in [9.17, 15) is 14.0 Å². The maximum absolute atomic E-state index is 13.1. The van der Waals surface area contributed by atoms with E-state index in [2.05, 4.69) is 10.3 Å². The number of halogens is 1. The summed E-state index contributed by atoms with van der Waals surface area (Å²) in [5.74, 6) is -0.837. The van der Waals surface area contributed by atoms with E-state index in [4.69, 9.17) is 0 Å². The molecule has 2 heterocycles. The van der Waals surface area contributed by atoms with Crippen LogP contribution < -0.4 is 10.2 Å². The minimum Gasteiger partial charge on any atom is -0.323 e. The Bertz CT molecular complexity index is 1040. The Morgan fingerprint density at radius 3 is 2.52 bits per heavy atom. The molecule has 0 aliphatic carbocycles. The van der Waals surface area contributed by atoms with E-state index in [0.717, 1.165) is 24.2 Å². The number of fused-ring (bicyclic) bond motifs is 1. The fourth-order valence-corrected chi connectivity index (χ4v) is 3.54. The number of anilines is 2. The third-order valence-corrected chi connectivity index (χ3v) is 5.07. The molecule has 7 heteroatoms. The number of carbonyl (C=O) groups excluding carboxylic acids is 2. The molecule has 0 spiro atoms. The van der Waals surface area contributed by atoms with Gasteiger partial charge in [0.05, 0.1) is 5.69 Å². The molecule has 1 aromatic heterocycles. The van der Waals surface area contributed by atoms with Gasteiger partial charge in [0.15, 0.2) is 11.5 Å². The number of hydrogen-bond acceptors (Lipinski definition) is 3. The molecule has 0 saturated heterocycles. The highest BCUT2D eigenvalue weighted by molar-refractivity contribution is 6.07. The van der Waals surface area contributed by atoms with Crippen LogP contribution in [0, 0.1) is 5.82 Å². The van der Waals surface area contributed by atoms with E-state index < -0.39 is 5.91 Å². The lowest BCUT2D eigenvalue weighted by Crippen LogP contribution is -2.28. The van der Waals surface area contributed by atoms with Crippen molar-refractivity contribution in [3.8, 4) is 0 Å². The highest BCUT2D eigenvalue weighted by Gasteiger charge is 2.29. The Balaban J connectivity index is 1.66. The number of aromatic nitrogens is 2. The summed E-state index contributed by atoms with van der Waals surface area (Å²) in [7, 11) is 1.70. The highest BCUT2D eigenvalue weighted by atomic mass is 19.1. The Labute approximate surface area is 168 Å². The summed E-state index contributed by atoms with van der Waals surface area (Å²) in [6, 6.07) is 14.8. The van der Waals surface area contributed by atoms with Crippen LogP contribution in [0.2, 0.25) is 0 Å². The summed E-state index contributed by atoms with van der Waals surface area (Å²) in [6.07, 6.45) is 2.56. The Morgan fingerprint density at radius 2 is 1.79 bits per heavy atom. The van der Waals surface area contributed by atoms with Crippen LogP contribution in [0.25, 0.3) is 0 Å². The summed E-state index contributed by atoms with van der Waals surface area (Å²) < 4.78 is 14.9. The predicted molar refractivity (Wildman–Crippen MR) is 109 cm³/mol. The van der Waals surface area contributed by atoms with Crippen LogP contribution >= 0.6 is 0 Å². The van der Waals surface area contributed by atoms with Crippen LogP contribution in [0.4, 0.5) is 15.8 Å². The number of benzene rings is 2. The molecule has 29 heavy (non-hydrogen) atoms. The number of imidazole rings is 1. The SMILES string of the molecule is CN(C(=O)c1nc(C(=O)Nc2ccc(F)cc2)n2c1CCCC2)c1ccccc1. The standard InChI is InChI=1S/C22H21FN4O2/c1-26(17-7-3-2-4-8-17)22(29)19-18-9-5-6-14-27(18)20(25-19)21(28)24-16-12-10-15(23)11-13-16/h2-4,7-8,10-13H,5-6,9,14H2,1H3,(H,24,28). The minimum atomic E-state index is -0.416. The summed E-state index contributed by atoms with van der Waals surface area (Å²) in [5.41, 5.74) is 2.32. The lowest BCUT2D eigenvalue weighted by Gasteiger charge is -2.19. The van der Waals surface area contributed by atoms with E-state index in [-0.39, 0.29) is 17.5 Å². The maximum atomic E-state index is 13.1. The topological polar surface area (TPSA) is 67.2 Å². The van der Waals surface area contributed by atoms with Crippen molar-refractivity contribution in [3.63, 3.8) is 0 Å². The average molecular weight is 392 g/mol. The number of carbonyl (C=O) groups is 2. The van der Waals surface area contributed by atoms with Gasteiger partial charge in [0.25, 0.3) is 11.8 Å². The molecule has 2 aromatic carbocycles. The van der Waals surface area contributed by atoms with Crippen molar-refractivity contribution in [3.05, 3.63) is 77.6 Å². The van der Waals surface area contributed by atoms with Crippen LogP contribution in [0.1, 0.15) is 39.6 Å². The quantitative estimate of drug-likeness (QED) is 0.733. The fourth-order valence-electron chi connectivity index (χ4n) is 3.54. The molecule has 2 amide bonds. The van der Waals surface area contributed by atoms with Crippen LogP contribution in [-0.2, 0) is 13.0 Å². The molecule has 1 aliphatic heterocycles. The molecular formula is C22H21FN4O2. The largest absolute Gasteiger partial charge is 0.323 e. The molecule has 0 bridgehead atoms. The van der Waals surface area contributed by atoms with Crippen LogP contribution in [0.3, 0.4) is 0 Å². The van der Waals surface area contributed by atoms with Gasteiger partial charge in [0.1, 0.15) is 5.82 Å². The average Bonchev–Trinajstić information content (AvgIpc) is 3.15. The summed E-state index contributed by atoms with van der Waals surface area (Å²) in [6.45, 7) is 0.636. The third kappa shape index (κ3) is 3.76. The normalized spacial score (nSPS) is 12.9. The number of rotatable bonds is 4. The van der Waals surface area contributed by atoms with Crippen molar-refractivity contribution >= 4 is 23.2 Å². The van der Waals surface area contributed by atoms with Gasteiger partial charge in [-0.15, -0.1) is 0 Å². The Kier molecular flexibility index (Phi) is 5.12. The molecule has 0 radical (unpaired) electrons. The second-order valence-corrected chi connectivity index (χ2v) is 7.00. The van der Waals surface area contributed by atoms with Crippen molar-refractivity contribution in [1.29, 1.82) is 0 Å². The molecule has 0 atom stereocenters. The van der Waals surface area contributed by atoms with Crippen molar-refractivity contribution in [2.24, 2.45) is 0 Å². The van der Waals surface area contributed by atoms with E-state index in [1.807, 2.05) is 34.9 Å². The van der Waals surface area contributed by atoms with Gasteiger partial charge in [0.2, 0.25) is 0 Å². The van der Waals surface area contributed by atoms with Gasteiger partial charge in [-0.3, -0.25) is 9.59 Å². The highest BCUT2D eigenvalue weighted by Crippen LogP contribution is 2.24. The molecule has 0 unspecified atom stereocenters. The maximum Gasteiger partial charge on any atom is 0.291 e. The van der Waals surface area contributed by atoms with Gasteiger partial charge >= 0.3 is 0 Å². The van der Waals surface area contributed by atoms with Crippen molar-refractivity contribution in [1.82, 2.24) is 9.55 Å². The lowest BCUT2D eigenvalue weighted by atomic mass is 10.1. The molecular weight excluding hydrogens is 371 g/mol. The zero-order chi connectivity index (χ0) is 20.4. The van der Waals surface area contributed by atoms with E-state index in [0.29, 0.717) is 24.3 Å². The van der Waals surface area contributed by atoms with Gasteiger partial charge in [-0.05, 0) is 55.7 Å². The first-order chi connectivity index (χ1) is 14.0. The van der Waals surface area contributed by atoms with E-state index in [1.54, 1.807) is 11.9 Å². The molecule has 3 aromatic rings. The summed E-state index contributed by atoms with van der Waals surface area (Å²) >= 11 is 0. The Hall–Kier alpha value is -3.48. The van der Waals surface area contributed by atoms with Crippen LogP contribution in [-0.4, -0.2) is 28.4 Å². The van der Waals surface area contributed by atoms with Crippen molar-refractivity contribution in [2.75, 3.05) is 17.3 Å².